The van der Waals surface area contributed by atoms with E-state index in [4.69, 9.17) is 0 Å². The minimum absolute atomic E-state index is 0.0344. The number of nitrogens with zero attached hydrogens (tertiary/aromatic N) is 1. The Balaban J connectivity index is 1.56. The van der Waals surface area contributed by atoms with Crippen LogP contribution in [0, 0.1) is 0 Å². The van der Waals surface area contributed by atoms with Crippen molar-refractivity contribution in [2.75, 3.05) is 16.0 Å². The molecular formula is C26H34N2O2S. The van der Waals surface area contributed by atoms with Gasteiger partial charge in [-0.15, -0.1) is 11.8 Å². The summed E-state index contributed by atoms with van der Waals surface area (Å²) in [5, 5.41) is 2.97. The SMILES string of the molecule is CCCCCCCCC(=O)Nc1ccc([C@H]2SCC(=O)N2c2ccc(CC)cc2)cc1. The maximum atomic E-state index is 12.6. The summed E-state index contributed by atoms with van der Waals surface area (Å²) in [5.74, 6) is 0.693. The summed E-state index contributed by atoms with van der Waals surface area (Å²) in [4.78, 5) is 26.6. The number of rotatable bonds is 11. The number of nitrogens with one attached hydrogen (secondary N) is 1. The third-order valence-electron chi connectivity index (χ3n) is 5.73. The predicted octanol–water partition coefficient (Wildman–Crippen LogP) is 6.72. The summed E-state index contributed by atoms with van der Waals surface area (Å²) in [7, 11) is 0. The zero-order chi connectivity index (χ0) is 22.1. The van der Waals surface area contributed by atoms with E-state index in [-0.39, 0.29) is 17.2 Å². The van der Waals surface area contributed by atoms with E-state index in [0.717, 1.165) is 36.2 Å². The van der Waals surface area contributed by atoms with Crippen LogP contribution in [0.25, 0.3) is 0 Å². The van der Waals surface area contributed by atoms with Crippen LogP contribution in [0.4, 0.5) is 11.4 Å². The molecule has 2 amide bonds. The minimum atomic E-state index is -0.0344. The van der Waals surface area contributed by atoms with E-state index in [9.17, 15) is 9.59 Å². The summed E-state index contributed by atoms with van der Waals surface area (Å²) in [6.45, 7) is 4.34. The van der Waals surface area contributed by atoms with Crippen LogP contribution in [-0.4, -0.2) is 17.6 Å². The van der Waals surface area contributed by atoms with Gasteiger partial charge in [0.2, 0.25) is 11.8 Å². The van der Waals surface area contributed by atoms with Crippen molar-refractivity contribution in [1.82, 2.24) is 0 Å². The average Bonchev–Trinajstić information content (AvgIpc) is 3.18. The summed E-state index contributed by atoms with van der Waals surface area (Å²) in [5.41, 5.74) is 4.09. The van der Waals surface area contributed by atoms with Gasteiger partial charge in [0.25, 0.3) is 0 Å². The molecule has 0 radical (unpaired) electrons. The molecule has 31 heavy (non-hydrogen) atoms. The molecule has 4 nitrogen and oxygen atoms in total. The minimum Gasteiger partial charge on any atom is -0.326 e. The number of amides is 2. The van der Waals surface area contributed by atoms with E-state index < -0.39 is 0 Å². The maximum Gasteiger partial charge on any atom is 0.238 e. The van der Waals surface area contributed by atoms with Crippen molar-refractivity contribution < 1.29 is 9.59 Å². The summed E-state index contributed by atoms with van der Waals surface area (Å²) in [6, 6.07) is 16.2. The van der Waals surface area contributed by atoms with Crippen molar-refractivity contribution in [3.63, 3.8) is 0 Å². The molecule has 0 bridgehead atoms. The first-order chi connectivity index (χ1) is 15.1. The molecule has 1 aliphatic heterocycles. The molecular weight excluding hydrogens is 404 g/mol. The fourth-order valence-electron chi connectivity index (χ4n) is 3.86. The molecule has 1 heterocycles. The quantitative estimate of drug-likeness (QED) is 0.396. The Bertz CT molecular complexity index is 849. The predicted molar refractivity (Wildman–Crippen MR) is 132 cm³/mol. The summed E-state index contributed by atoms with van der Waals surface area (Å²) in [6.07, 6.45) is 8.62. The second kappa shape index (κ2) is 11.9. The van der Waals surface area contributed by atoms with Crippen molar-refractivity contribution >= 4 is 35.0 Å². The highest BCUT2D eigenvalue weighted by Crippen LogP contribution is 2.42. The Labute approximate surface area is 190 Å². The molecule has 0 aromatic heterocycles. The molecule has 0 saturated carbocycles. The van der Waals surface area contributed by atoms with Gasteiger partial charge in [-0.05, 0) is 48.2 Å². The Morgan fingerprint density at radius 1 is 0.968 bits per heavy atom. The number of thioether (sulfide) groups is 1. The molecule has 0 unspecified atom stereocenters. The van der Waals surface area contributed by atoms with Crippen LogP contribution in [0.2, 0.25) is 0 Å². The van der Waals surface area contributed by atoms with E-state index in [0.29, 0.717) is 12.2 Å². The van der Waals surface area contributed by atoms with Crippen molar-refractivity contribution in [1.29, 1.82) is 0 Å². The van der Waals surface area contributed by atoms with Gasteiger partial charge in [0, 0.05) is 17.8 Å². The lowest BCUT2D eigenvalue weighted by atomic mass is 10.1. The molecule has 5 heteroatoms. The van der Waals surface area contributed by atoms with Crippen LogP contribution in [0.5, 0.6) is 0 Å². The Morgan fingerprint density at radius 2 is 1.65 bits per heavy atom. The van der Waals surface area contributed by atoms with E-state index in [1.165, 1.54) is 31.2 Å². The lowest BCUT2D eigenvalue weighted by molar-refractivity contribution is -0.116. The number of hydrogen-bond acceptors (Lipinski definition) is 3. The normalized spacial score (nSPS) is 16.0. The zero-order valence-electron chi connectivity index (χ0n) is 18.7. The Kier molecular flexibility index (Phi) is 9.01. The first-order valence-corrected chi connectivity index (χ1v) is 12.6. The molecule has 0 spiro atoms. The number of anilines is 2. The largest absolute Gasteiger partial charge is 0.326 e. The van der Waals surface area contributed by atoms with Gasteiger partial charge in [-0.25, -0.2) is 0 Å². The van der Waals surface area contributed by atoms with E-state index in [1.54, 1.807) is 11.8 Å². The van der Waals surface area contributed by atoms with Crippen LogP contribution in [0.1, 0.15) is 75.3 Å². The number of aryl methyl sites for hydroxylation is 1. The Hall–Kier alpha value is -2.27. The zero-order valence-corrected chi connectivity index (χ0v) is 19.5. The molecule has 2 aromatic rings. The van der Waals surface area contributed by atoms with E-state index >= 15 is 0 Å². The van der Waals surface area contributed by atoms with Gasteiger partial charge < -0.3 is 5.32 Å². The van der Waals surface area contributed by atoms with Gasteiger partial charge >= 0.3 is 0 Å². The number of carbonyl (C=O) groups is 2. The van der Waals surface area contributed by atoms with Gasteiger partial charge in [0.1, 0.15) is 5.37 Å². The summed E-state index contributed by atoms with van der Waals surface area (Å²) >= 11 is 1.64. The third kappa shape index (κ3) is 6.60. The third-order valence-corrected chi connectivity index (χ3v) is 6.94. The summed E-state index contributed by atoms with van der Waals surface area (Å²) < 4.78 is 0. The molecule has 1 saturated heterocycles. The standard InChI is InChI=1S/C26H34N2O2S/c1-3-5-6-7-8-9-10-24(29)27-22-15-13-21(14-16-22)26-28(25(30)19-31-26)23-17-11-20(4-2)12-18-23/h11-18,26H,3-10,19H2,1-2H3,(H,27,29)/t26-/m1/s1. The van der Waals surface area contributed by atoms with Crippen molar-refractivity contribution in [3.05, 3.63) is 59.7 Å². The monoisotopic (exact) mass is 438 g/mol. The fourth-order valence-corrected chi connectivity index (χ4v) is 5.04. The van der Waals surface area contributed by atoms with E-state index in [1.807, 2.05) is 41.3 Å². The lowest BCUT2D eigenvalue weighted by Crippen LogP contribution is -2.27. The molecule has 1 atom stereocenters. The van der Waals surface area contributed by atoms with Crippen LogP contribution in [0.15, 0.2) is 48.5 Å². The van der Waals surface area contributed by atoms with Crippen LogP contribution in [0.3, 0.4) is 0 Å². The number of carbonyl (C=O) groups excluding carboxylic acids is 2. The number of unbranched alkanes of at least 4 members (excludes halogenated alkanes) is 5. The first-order valence-electron chi connectivity index (χ1n) is 11.5. The highest BCUT2D eigenvalue weighted by molar-refractivity contribution is 8.00. The maximum absolute atomic E-state index is 12.6. The lowest BCUT2D eigenvalue weighted by Gasteiger charge is -2.24. The highest BCUT2D eigenvalue weighted by atomic mass is 32.2. The molecule has 3 rings (SSSR count). The second-order valence-electron chi connectivity index (χ2n) is 8.14. The topological polar surface area (TPSA) is 49.4 Å². The average molecular weight is 439 g/mol. The Morgan fingerprint density at radius 3 is 2.32 bits per heavy atom. The van der Waals surface area contributed by atoms with Crippen LogP contribution in [-0.2, 0) is 16.0 Å². The van der Waals surface area contributed by atoms with Crippen LogP contribution >= 0.6 is 11.8 Å². The molecule has 166 valence electrons. The fraction of sp³-hybridized carbons (Fsp3) is 0.462. The van der Waals surface area contributed by atoms with Crippen molar-refractivity contribution in [2.45, 2.75) is 70.6 Å². The van der Waals surface area contributed by atoms with Gasteiger partial charge in [-0.1, -0.05) is 70.2 Å². The molecule has 2 aromatic carbocycles. The highest BCUT2D eigenvalue weighted by Gasteiger charge is 2.33. The second-order valence-corrected chi connectivity index (χ2v) is 9.20. The van der Waals surface area contributed by atoms with Gasteiger partial charge in [-0.2, -0.15) is 0 Å². The van der Waals surface area contributed by atoms with Crippen molar-refractivity contribution in [3.8, 4) is 0 Å². The van der Waals surface area contributed by atoms with Gasteiger partial charge in [0.05, 0.1) is 5.75 Å². The van der Waals surface area contributed by atoms with Gasteiger partial charge in [0.15, 0.2) is 0 Å². The smallest absolute Gasteiger partial charge is 0.238 e. The first kappa shape index (κ1) is 23.4. The molecule has 1 aliphatic rings. The van der Waals surface area contributed by atoms with E-state index in [2.05, 4.69) is 31.3 Å². The van der Waals surface area contributed by atoms with Crippen LogP contribution < -0.4 is 10.2 Å². The number of hydrogen-bond donors (Lipinski definition) is 1. The number of benzene rings is 2. The van der Waals surface area contributed by atoms with Gasteiger partial charge in [-0.3, -0.25) is 14.5 Å². The molecule has 1 N–H and O–H groups in total. The molecule has 0 aliphatic carbocycles. The molecule has 1 fully saturated rings. The van der Waals surface area contributed by atoms with Crippen molar-refractivity contribution in [2.24, 2.45) is 0 Å².